The van der Waals surface area contributed by atoms with Crippen LogP contribution in [0.3, 0.4) is 0 Å². The van der Waals surface area contributed by atoms with Crippen LogP contribution in [0.25, 0.3) is 11.1 Å². The number of carbonyl (C=O) groups is 2. The average Bonchev–Trinajstić information content (AvgIpc) is 3.21. The Bertz CT molecular complexity index is 778. The van der Waals surface area contributed by atoms with E-state index in [1.54, 1.807) is 19.9 Å². The molecule has 3 rings (SSSR count). The molecule has 2 aromatic rings. The number of nitrogens with one attached hydrogen (secondary N) is 2. The molecule has 2 aromatic heterocycles. The lowest BCUT2D eigenvalue weighted by Gasteiger charge is -2.10. The number of amides is 2. The van der Waals surface area contributed by atoms with E-state index in [1.807, 2.05) is 0 Å². The number of aromatic nitrogens is 2. The van der Waals surface area contributed by atoms with Gasteiger partial charge >= 0.3 is 0 Å². The van der Waals surface area contributed by atoms with Gasteiger partial charge in [0.15, 0.2) is 0 Å². The Morgan fingerprint density at radius 1 is 1.20 bits per heavy atom. The third kappa shape index (κ3) is 4.15. The Labute approximate surface area is 146 Å². The molecular weight excluding hydrogens is 320 g/mol. The third-order valence-electron chi connectivity index (χ3n) is 4.67. The second-order valence-corrected chi connectivity index (χ2v) is 6.72. The summed E-state index contributed by atoms with van der Waals surface area (Å²) in [4.78, 5) is 28.6. The maximum atomic E-state index is 12.5. The van der Waals surface area contributed by atoms with Gasteiger partial charge in [0.1, 0.15) is 0 Å². The quantitative estimate of drug-likeness (QED) is 0.784. The van der Waals surface area contributed by atoms with Crippen LogP contribution in [-0.4, -0.2) is 35.0 Å². The van der Waals surface area contributed by atoms with Crippen molar-refractivity contribution < 1.29 is 14.1 Å². The zero-order valence-electron chi connectivity index (χ0n) is 14.7. The van der Waals surface area contributed by atoms with Gasteiger partial charge in [-0.3, -0.25) is 9.59 Å². The largest absolute Gasteiger partial charge is 0.354 e. The van der Waals surface area contributed by atoms with Crippen molar-refractivity contribution in [2.75, 3.05) is 13.1 Å². The number of carbonyl (C=O) groups excluding carboxylic acids is 2. The molecule has 0 spiro atoms. The molecule has 2 amide bonds. The molecular formula is C18H24N4O3. The van der Waals surface area contributed by atoms with Crippen LogP contribution in [0.5, 0.6) is 0 Å². The number of hydrogen-bond donors (Lipinski definition) is 2. The van der Waals surface area contributed by atoms with E-state index in [-0.39, 0.29) is 11.8 Å². The molecule has 0 aromatic carbocycles. The zero-order chi connectivity index (χ0) is 17.8. The zero-order valence-corrected chi connectivity index (χ0v) is 14.7. The summed E-state index contributed by atoms with van der Waals surface area (Å²) >= 11 is 0. The highest BCUT2D eigenvalue weighted by atomic mass is 16.5. The van der Waals surface area contributed by atoms with Gasteiger partial charge in [-0.05, 0) is 38.7 Å². The van der Waals surface area contributed by atoms with Crippen LogP contribution >= 0.6 is 0 Å². The molecule has 25 heavy (non-hydrogen) atoms. The van der Waals surface area contributed by atoms with Crippen LogP contribution in [0.1, 0.15) is 53.8 Å². The monoisotopic (exact) mass is 344 g/mol. The highest BCUT2D eigenvalue weighted by Gasteiger charge is 2.19. The maximum absolute atomic E-state index is 12.5. The number of pyridine rings is 1. The number of aryl methyl sites for hydroxylation is 2. The second-order valence-electron chi connectivity index (χ2n) is 6.72. The molecule has 1 saturated carbocycles. The normalized spacial score (nSPS) is 14.8. The van der Waals surface area contributed by atoms with Crippen LogP contribution < -0.4 is 10.6 Å². The molecule has 7 heteroatoms. The van der Waals surface area contributed by atoms with Crippen LogP contribution in [0.15, 0.2) is 10.6 Å². The Balaban J connectivity index is 1.51. The first-order valence-corrected chi connectivity index (χ1v) is 8.83. The molecule has 0 unspecified atom stereocenters. The minimum Gasteiger partial charge on any atom is -0.354 e. The summed E-state index contributed by atoms with van der Waals surface area (Å²) < 4.78 is 5.14. The van der Waals surface area contributed by atoms with Crippen LogP contribution in [-0.2, 0) is 4.79 Å². The van der Waals surface area contributed by atoms with E-state index < -0.39 is 0 Å². The van der Waals surface area contributed by atoms with Crippen molar-refractivity contribution in [3.63, 3.8) is 0 Å². The molecule has 0 saturated heterocycles. The van der Waals surface area contributed by atoms with E-state index >= 15 is 0 Å². The number of hydrogen-bond acceptors (Lipinski definition) is 5. The van der Waals surface area contributed by atoms with Crippen molar-refractivity contribution in [1.82, 2.24) is 20.8 Å². The lowest BCUT2D eigenvalue weighted by molar-refractivity contribution is -0.121. The van der Waals surface area contributed by atoms with E-state index in [4.69, 9.17) is 4.52 Å². The van der Waals surface area contributed by atoms with E-state index in [2.05, 4.69) is 20.8 Å². The highest BCUT2D eigenvalue weighted by molar-refractivity contribution is 6.06. The standard InChI is InChI=1S/C18H24N4O3/c1-11-9-14(16-12(2)22-25-18(16)21-11)17(24)20-8-7-19-15(23)10-13-5-3-4-6-13/h9,13H,3-8,10H2,1-2H3,(H,19,23)(H,20,24). The topological polar surface area (TPSA) is 97.1 Å². The molecule has 0 bridgehead atoms. The fraction of sp³-hybridized carbons (Fsp3) is 0.556. The second kappa shape index (κ2) is 7.63. The van der Waals surface area contributed by atoms with Crippen molar-refractivity contribution in [3.8, 4) is 0 Å². The molecule has 2 heterocycles. The predicted octanol–water partition coefficient (Wildman–Crippen LogP) is 2.27. The number of nitrogens with zero attached hydrogens (tertiary/aromatic N) is 2. The van der Waals surface area contributed by atoms with Crippen molar-refractivity contribution in [2.45, 2.75) is 46.0 Å². The van der Waals surface area contributed by atoms with Crippen molar-refractivity contribution >= 4 is 22.9 Å². The summed E-state index contributed by atoms with van der Waals surface area (Å²) in [6.45, 7) is 4.38. The van der Waals surface area contributed by atoms with Crippen molar-refractivity contribution in [3.05, 3.63) is 23.0 Å². The van der Waals surface area contributed by atoms with Gasteiger partial charge in [-0.1, -0.05) is 18.0 Å². The summed E-state index contributed by atoms with van der Waals surface area (Å²) in [7, 11) is 0. The number of rotatable bonds is 6. The van der Waals surface area contributed by atoms with Gasteiger partial charge in [0.25, 0.3) is 11.6 Å². The van der Waals surface area contributed by atoms with Gasteiger partial charge in [-0.25, -0.2) is 4.98 Å². The number of fused-ring (bicyclic) bond motifs is 1. The van der Waals surface area contributed by atoms with E-state index in [0.717, 1.165) is 12.8 Å². The van der Waals surface area contributed by atoms with E-state index in [0.29, 0.717) is 53.5 Å². The summed E-state index contributed by atoms with van der Waals surface area (Å²) in [6, 6.07) is 1.72. The smallest absolute Gasteiger partial charge is 0.258 e. The lowest BCUT2D eigenvalue weighted by atomic mass is 10.0. The molecule has 7 nitrogen and oxygen atoms in total. The molecule has 1 aliphatic carbocycles. The molecule has 0 radical (unpaired) electrons. The lowest BCUT2D eigenvalue weighted by Crippen LogP contribution is -2.35. The van der Waals surface area contributed by atoms with E-state index in [9.17, 15) is 9.59 Å². The summed E-state index contributed by atoms with van der Waals surface area (Å²) in [5.41, 5.74) is 2.20. The van der Waals surface area contributed by atoms with Crippen LogP contribution in [0.2, 0.25) is 0 Å². The molecule has 134 valence electrons. The predicted molar refractivity (Wildman–Crippen MR) is 93.2 cm³/mol. The fourth-order valence-electron chi connectivity index (χ4n) is 3.42. The van der Waals surface area contributed by atoms with Crippen LogP contribution in [0.4, 0.5) is 0 Å². The van der Waals surface area contributed by atoms with E-state index in [1.165, 1.54) is 12.8 Å². The Morgan fingerprint density at radius 2 is 1.92 bits per heavy atom. The SMILES string of the molecule is Cc1cc(C(=O)NCCNC(=O)CC2CCCC2)c2c(C)noc2n1. The van der Waals surface area contributed by atoms with Crippen LogP contribution in [0, 0.1) is 19.8 Å². The third-order valence-corrected chi connectivity index (χ3v) is 4.67. The highest BCUT2D eigenvalue weighted by Crippen LogP contribution is 2.27. The molecule has 2 N–H and O–H groups in total. The Kier molecular flexibility index (Phi) is 5.31. The molecule has 1 fully saturated rings. The first-order chi connectivity index (χ1) is 12.0. The minimum atomic E-state index is -0.216. The molecule has 0 aliphatic heterocycles. The Hall–Kier alpha value is -2.44. The molecule has 0 atom stereocenters. The van der Waals surface area contributed by atoms with Crippen molar-refractivity contribution in [1.29, 1.82) is 0 Å². The van der Waals surface area contributed by atoms with Gasteiger partial charge in [0.2, 0.25) is 5.91 Å². The first kappa shape index (κ1) is 17.4. The summed E-state index contributed by atoms with van der Waals surface area (Å²) in [5, 5.41) is 10.2. The Morgan fingerprint density at radius 3 is 2.68 bits per heavy atom. The van der Waals surface area contributed by atoms with Gasteiger partial charge < -0.3 is 15.2 Å². The minimum absolute atomic E-state index is 0.0678. The van der Waals surface area contributed by atoms with Gasteiger partial charge in [-0.15, -0.1) is 0 Å². The van der Waals surface area contributed by atoms with Gasteiger partial charge in [0, 0.05) is 25.2 Å². The van der Waals surface area contributed by atoms with Crippen molar-refractivity contribution in [2.24, 2.45) is 5.92 Å². The first-order valence-electron chi connectivity index (χ1n) is 8.83. The van der Waals surface area contributed by atoms with Gasteiger partial charge in [-0.2, -0.15) is 0 Å². The fourth-order valence-corrected chi connectivity index (χ4v) is 3.42. The summed E-state index contributed by atoms with van der Waals surface area (Å²) in [5.74, 6) is 0.379. The molecule has 1 aliphatic rings. The van der Waals surface area contributed by atoms with Gasteiger partial charge in [0.05, 0.1) is 16.6 Å². The maximum Gasteiger partial charge on any atom is 0.258 e. The summed E-state index contributed by atoms with van der Waals surface area (Å²) in [6.07, 6.45) is 5.36. The average molecular weight is 344 g/mol.